The van der Waals surface area contributed by atoms with Gasteiger partial charge in [0.15, 0.2) is 0 Å². The molecule has 0 saturated carbocycles. The summed E-state index contributed by atoms with van der Waals surface area (Å²) in [5.41, 5.74) is 3.09. The van der Waals surface area contributed by atoms with Crippen molar-refractivity contribution in [2.45, 2.75) is 50.8 Å². The predicted molar refractivity (Wildman–Crippen MR) is 116 cm³/mol. The lowest BCUT2D eigenvalue weighted by molar-refractivity contribution is -0.120. The Bertz CT molecular complexity index is 944. The van der Waals surface area contributed by atoms with Gasteiger partial charge in [-0.3, -0.25) is 4.79 Å². The minimum Gasteiger partial charge on any atom is -0.326 e. The van der Waals surface area contributed by atoms with E-state index in [1.807, 2.05) is 36.4 Å². The highest BCUT2D eigenvalue weighted by Gasteiger charge is 2.32. The Morgan fingerprint density at radius 2 is 1.76 bits per heavy atom. The Balaban J connectivity index is 1.61. The molecule has 5 nitrogen and oxygen atoms in total. The number of anilines is 1. The monoisotopic (exact) mass is 414 g/mol. The van der Waals surface area contributed by atoms with E-state index in [4.69, 9.17) is 0 Å². The first-order chi connectivity index (χ1) is 13.8. The molecule has 0 atom stereocenters. The number of rotatable bonds is 6. The molecule has 0 unspecified atom stereocenters. The second-order valence-corrected chi connectivity index (χ2v) is 9.88. The molecule has 2 aromatic carbocycles. The summed E-state index contributed by atoms with van der Waals surface area (Å²) in [6.07, 6.45) is 1.98. The van der Waals surface area contributed by atoms with Crippen molar-refractivity contribution < 1.29 is 13.2 Å². The third-order valence-electron chi connectivity index (χ3n) is 5.61. The molecule has 29 heavy (non-hydrogen) atoms. The topological polar surface area (TPSA) is 66.5 Å². The molecule has 0 bridgehead atoms. The van der Waals surface area contributed by atoms with Crippen molar-refractivity contribution >= 4 is 21.6 Å². The third kappa shape index (κ3) is 5.06. The SMILES string of the molecule is CCc1cccc(NC(=O)C2CCN(S(=O)(=O)c3ccc(C(C)C)cc3)CC2)c1. The van der Waals surface area contributed by atoms with Gasteiger partial charge >= 0.3 is 0 Å². The zero-order valence-corrected chi connectivity index (χ0v) is 18.2. The van der Waals surface area contributed by atoms with E-state index in [9.17, 15) is 13.2 Å². The minimum atomic E-state index is -3.52. The molecule has 2 aromatic rings. The van der Waals surface area contributed by atoms with E-state index in [-0.39, 0.29) is 11.8 Å². The van der Waals surface area contributed by atoms with Crippen LogP contribution in [0, 0.1) is 5.92 Å². The van der Waals surface area contributed by atoms with Crippen molar-refractivity contribution in [1.82, 2.24) is 4.31 Å². The van der Waals surface area contributed by atoms with Crippen LogP contribution < -0.4 is 5.32 Å². The molecule has 1 fully saturated rings. The molecular weight excluding hydrogens is 384 g/mol. The zero-order chi connectivity index (χ0) is 21.0. The van der Waals surface area contributed by atoms with Gasteiger partial charge in [-0.25, -0.2) is 8.42 Å². The second kappa shape index (κ2) is 9.09. The number of piperidine rings is 1. The average Bonchev–Trinajstić information content (AvgIpc) is 2.74. The first-order valence-electron chi connectivity index (χ1n) is 10.3. The van der Waals surface area contributed by atoms with Crippen molar-refractivity contribution in [1.29, 1.82) is 0 Å². The lowest BCUT2D eigenvalue weighted by Crippen LogP contribution is -2.41. The summed E-state index contributed by atoms with van der Waals surface area (Å²) in [5, 5.41) is 2.98. The minimum absolute atomic E-state index is 0.0309. The fourth-order valence-corrected chi connectivity index (χ4v) is 5.12. The Hall–Kier alpha value is -2.18. The Morgan fingerprint density at radius 1 is 1.10 bits per heavy atom. The Labute approximate surface area is 174 Å². The molecule has 0 radical (unpaired) electrons. The first kappa shape index (κ1) is 21.5. The number of sulfonamides is 1. The van der Waals surface area contributed by atoms with Gasteiger partial charge in [0, 0.05) is 24.7 Å². The van der Waals surface area contributed by atoms with E-state index in [0.717, 1.165) is 17.7 Å². The van der Waals surface area contributed by atoms with Gasteiger partial charge in [-0.2, -0.15) is 4.31 Å². The molecule has 1 amide bonds. The summed E-state index contributed by atoms with van der Waals surface area (Å²) in [6.45, 7) is 6.96. The largest absolute Gasteiger partial charge is 0.326 e. The number of amides is 1. The maximum absolute atomic E-state index is 12.9. The van der Waals surface area contributed by atoms with Gasteiger partial charge in [-0.1, -0.05) is 45.0 Å². The highest BCUT2D eigenvalue weighted by Crippen LogP contribution is 2.26. The maximum Gasteiger partial charge on any atom is 0.243 e. The number of hydrogen-bond donors (Lipinski definition) is 1. The van der Waals surface area contributed by atoms with Crippen molar-refractivity contribution in [3.8, 4) is 0 Å². The van der Waals surface area contributed by atoms with Gasteiger partial charge in [-0.05, 0) is 60.6 Å². The molecule has 1 saturated heterocycles. The number of nitrogens with one attached hydrogen (secondary N) is 1. The molecule has 0 aliphatic carbocycles. The fourth-order valence-electron chi connectivity index (χ4n) is 3.65. The first-order valence-corrected chi connectivity index (χ1v) is 11.7. The number of benzene rings is 2. The van der Waals surface area contributed by atoms with Crippen LogP contribution in [-0.4, -0.2) is 31.7 Å². The normalized spacial score (nSPS) is 16.1. The molecule has 156 valence electrons. The smallest absolute Gasteiger partial charge is 0.243 e. The summed E-state index contributed by atoms with van der Waals surface area (Å²) < 4.78 is 27.4. The molecule has 1 heterocycles. The molecule has 0 spiro atoms. The molecule has 6 heteroatoms. The lowest BCUT2D eigenvalue weighted by atomic mass is 9.97. The van der Waals surface area contributed by atoms with Gasteiger partial charge in [0.05, 0.1) is 4.90 Å². The number of carbonyl (C=O) groups excluding carboxylic acids is 1. The molecule has 0 aromatic heterocycles. The van der Waals surface area contributed by atoms with E-state index in [0.29, 0.717) is 36.7 Å². The van der Waals surface area contributed by atoms with E-state index < -0.39 is 10.0 Å². The second-order valence-electron chi connectivity index (χ2n) is 7.95. The molecule has 1 aliphatic heterocycles. The predicted octanol–water partition coefficient (Wildman–Crippen LogP) is 4.41. The molecule has 3 rings (SSSR count). The van der Waals surface area contributed by atoms with Crippen molar-refractivity contribution in [3.05, 3.63) is 59.7 Å². The van der Waals surface area contributed by atoms with E-state index in [1.165, 1.54) is 9.87 Å². The van der Waals surface area contributed by atoms with Crippen LogP contribution in [0.15, 0.2) is 53.4 Å². The quantitative estimate of drug-likeness (QED) is 0.761. The van der Waals surface area contributed by atoms with Crippen LogP contribution in [0.25, 0.3) is 0 Å². The van der Waals surface area contributed by atoms with Crippen LogP contribution in [0.3, 0.4) is 0 Å². The van der Waals surface area contributed by atoms with Gasteiger partial charge < -0.3 is 5.32 Å². The lowest BCUT2D eigenvalue weighted by Gasteiger charge is -2.30. The summed E-state index contributed by atoms with van der Waals surface area (Å²) in [6, 6.07) is 15.0. The van der Waals surface area contributed by atoms with Crippen LogP contribution in [-0.2, 0) is 21.2 Å². The molecular formula is C23H30N2O3S. The number of nitrogens with zero attached hydrogens (tertiary/aromatic N) is 1. The summed E-state index contributed by atoms with van der Waals surface area (Å²) in [4.78, 5) is 12.9. The van der Waals surface area contributed by atoms with E-state index in [2.05, 4.69) is 26.1 Å². The van der Waals surface area contributed by atoms with Gasteiger partial charge in [0.2, 0.25) is 15.9 Å². The highest BCUT2D eigenvalue weighted by atomic mass is 32.2. The van der Waals surface area contributed by atoms with E-state index >= 15 is 0 Å². The van der Waals surface area contributed by atoms with Crippen LogP contribution in [0.2, 0.25) is 0 Å². The molecule has 1 aliphatic rings. The maximum atomic E-state index is 12.9. The Morgan fingerprint density at radius 3 is 2.34 bits per heavy atom. The summed E-state index contributed by atoms with van der Waals surface area (Å²) in [5.74, 6) is 0.158. The zero-order valence-electron chi connectivity index (χ0n) is 17.4. The highest BCUT2D eigenvalue weighted by molar-refractivity contribution is 7.89. The van der Waals surface area contributed by atoms with Crippen LogP contribution >= 0.6 is 0 Å². The standard InChI is InChI=1S/C23H30N2O3S/c1-4-18-6-5-7-21(16-18)24-23(26)20-12-14-25(15-13-20)29(27,28)22-10-8-19(9-11-22)17(2)3/h5-11,16-17,20H,4,12-15H2,1-3H3,(H,24,26). The van der Waals surface area contributed by atoms with Gasteiger partial charge in [-0.15, -0.1) is 0 Å². The Kier molecular flexibility index (Phi) is 6.75. The van der Waals surface area contributed by atoms with Crippen LogP contribution in [0.5, 0.6) is 0 Å². The van der Waals surface area contributed by atoms with Gasteiger partial charge in [0.1, 0.15) is 0 Å². The van der Waals surface area contributed by atoms with Gasteiger partial charge in [0.25, 0.3) is 0 Å². The number of carbonyl (C=O) groups is 1. The van der Waals surface area contributed by atoms with Crippen molar-refractivity contribution in [2.75, 3.05) is 18.4 Å². The average molecular weight is 415 g/mol. The summed E-state index contributed by atoms with van der Waals surface area (Å²) >= 11 is 0. The van der Waals surface area contributed by atoms with Crippen LogP contribution in [0.1, 0.15) is 50.7 Å². The van der Waals surface area contributed by atoms with Crippen LogP contribution in [0.4, 0.5) is 5.69 Å². The van der Waals surface area contributed by atoms with E-state index in [1.54, 1.807) is 12.1 Å². The number of hydrogen-bond acceptors (Lipinski definition) is 3. The fraction of sp³-hybridized carbons (Fsp3) is 0.435. The third-order valence-corrected chi connectivity index (χ3v) is 7.52. The molecule has 1 N–H and O–H groups in total. The van der Waals surface area contributed by atoms with Crippen molar-refractivity contribution in [3.63, 3.8) is 0 Å². The number of aryl methyl sites for hydroxylation is 1. The summed E-state index contributed by atoms with van der Waals surface area (Å²) in [7, 11) is -3.52. The van der Waals surface area contributed by atoms with Crippen molar-refractivity contribution in [2.24, 2.45) is 5.92 Å².